The van der Waals surface area contributed by atoms with Gasteiger partial charge in [-0.25, -0.2) is 4.39 Å². The monoisotopic (exact) mass is 351 g/mol. The number of nitrogens with zero attached hydrogens (tertiary/aromatic N) is 4. The Morgan fingerprint density at radius 2 is 2.00 bits per heavy atom. The number of thioether (sulfide) groups is 1. The molecular formula is C16H22FN5OS. The fraction of sp³-hybridized carbons (Fsp3) is 0.500. The topological polar surface area (TPSA) is 69.2 Å². The minimum Gasteiger partial charge on any atom is -0.379 e. The highest BCUT2D eigenvalue weighted by molar-refractivity contribution is 7.99. The van der Waals surface area contributed by atoms with Crippen molar-refractivity contribution in [3.63, 3.8) is 0 Å². The highest BCUT2D eigenvalue weighted by Crippen LogP contribution is 2.24. The van der Waals surface area contributed by atoms with Crippen molar-refractivity contribution >= 4 is 11.8 Å². The van der Waals surface area contributed by atoms with Crippen LogP contribution in [-0.2, 0) is 11.2 Å². The molecular weight excluding hydrogens is 329 g/mol. The molecule has 2 aromatic rings. The van der Waals surface area contributed by atoms with Crippen LogP contribution in [0.4, 0.5) is 4.39 Å². The number of rotatable bonds is 7. The summed E-state index contributed by atoms with van der Waals surface area (Å²) in [6.07, 6.45) is 0.561. The molecule has 1 aliphatic heterocycles. The maximum absolute atomic E-state index is 14.2. The van der Waals surface area contributed by atoms with Crippen molar-refractivity contribution in [1.82, 2.24) is 19.7 Å². The first kappa shape index (κ1) is 17.3. The minimum atomic E-state index is -0.286. The average Bonchev–Trinajstić information content (AvgIpc) is 2.99. The summed E-state index contributed by atoms with van der Waals surface area (Å²) >= 11 is 1.59. The summed E-state index contributed by atoms with van der Waals surface area (Å²) in [4.78, 5) is 2.36. The van der Waals surface area contributed by atoms with Crippen molar-refractivity contribution in [2.24, 2.45) is 5.73 Å². The Morgan fingerprint density at radius 3 is 2.75 bits per heavy atom. The van der Waals surface area contributed by atoms with Crippen LogP contribution < -0.4 is 5.73 Å². The van der Waals surface area contributed by atoms with E-state index in [0.29, 0.717) is 29.6 Å². The first-order valence-corrected chi connectivity index (χ1v) is 9.10. The lowest BCUT2D eigenvalue weighted by atomic mass is 10.3. The molecule has 0 amide bonds. The molecule has 0 unspecified atom stereocenters. The quantitative estimate of drug-likeness (QED) is 0.759. The van der Waals surface area contributed by atoms with Gasteiger partial charge >= 0.3 is 0 Å². The highest BCUT2D eigenvalue weighted by Gasteiger charge is 2.17. The summed E-state index contributed by atoms with van der Waals surface area (Å²) in [5, 5.41) is 9.15. The van der Waals surface area contributed by atoms with Gasteiger partial charge in [-0.1, -0.05) is 23.9 Å². The molecule has 1 aliphatic rings. The van der Waals surface area contributed by atoms with Crippen LogP contribution in [0.3, 0.4) is 0 Å². The summed E-state index contributed by atoms with van der Waals surface area (Å²) in [6.45, 7) is 4.89. The predicted molar refractivity (Wildman–Crippen MR) is 92.1 cm³/mol. The Bertz CT molecular complexity index is 660. The molecule has 3 rings (SSSR count). The van der Waals surface area contributed by atoms with E-state index >= 15 is 0 Å². The van der Waals surface area contributed by atoms with Gasteiger partial charge in [0.2, 0.25) is 0 Å². The van der Waals surface area contributed by atoms with Crippen molar-refractivity contribution in [3.05, 3.63) is 35.9 Å². The van der Waals surface area contributed by atoms with Gasteiger partial charge in [0.1, 0.15) is 11.6 Å². The molecule has 2 N–H and O–H groups in total. The van der Waals surface area contributed by atoms with Gasteiger partial charge in [0, 0.05) is 31.8 Å². The normalized spacial score (nSPS) is 15.8. The molecule has 0 radical (unpaired) electrons. The SMILES string of the molecule is NCCc1nnc(SCCN2CCOCC2)n1-c1ccccc1F. The lowest BCUT2D eigenvalue weighted by Gasteiger charge is -2.26. The zero-order valence-electron chi connectivity index (χ0n) is 13.5. The first-order chi connectivity index (χ1) is 11.8. The van der Waals surface area contributed by atoms with Crippen molar-refractivity contribution < 1.29 is 9.13 Å². The number of ether oxygens (including phenoxy) is 1. The van der Waals surface area contributed by atoms with Gasteiger partial charge in [0.25, 0.3) is 0 Å². The molecule has 1 fully saturated rings. The van der Waals surface area contributed by atoms with Crippen LogP contribution in [0, 0.1) is 5.82 Å². The van der Waals surface area contributed by atoms with Crippen LogP contribution >= 0.6 is 11.8 Å². The standard InChI is InChI=1S/C16H22FN5OS/c17-13-3-1-2-4-14(13)22-15(5-6-18)19-20-16(22)24-12-9-21-7-10-23-11-8-21/h1-4H,5-12,18H2. The van der Waals surface area contributed by atoms with Crippen molar-refractivity contribution in [3.8, 4) is 5.69 Å². The van der Waals surface area contributed by atoms with E-state index in [4.69, 9.17) is 10.5 Å². The van der Waals surface area contributed by atoms with Gasteiger partial charge in [0.05, 0.1) is 18.9 Å². The van der Waals surface area contributed by atoms with Crippen molar-refractivity contribution in [2.75, 3.05) is 45.1 Å². The van der Waals surface area contributed by atoms with Gasteiger partial charge < -0.3 is 10.5 Å². The Balaban J connectivity index is 1.74. The van der Waals surface area contributed by atoms with Crippen molar-refractivity contribution in [2.45, 2.75) is 11.6 Å². The molecule has 2 heterocycles. The number of aromatic nitrogens is 3. The third-order valence-electron chi connectivity index (χ3n) is 3.90. The van der Waals surface area contributed by atoms with E-state index in [-0.39, 0.29) is 5.82 Å². The summed E-state index contributed by atoms with van der Waals surface area (Å²) < 4.78 is 21.4. The first-order valence-electron chi connectivity index (χ1n) is 8.12. The molecule has 1 saturated heterocycles. The lowest BCUT2D eigenvalue weighted by molar-refractivity contribution is 0.0410. The molecule has 8 heteroatoms. The van der Waals surface area contributed by atoms with E-state index in [1.165, 1.54) is 6.07 Å². The van der Waals surface area contributed by atoms with E-state index in [0.717, 1.165) is 38.6 Å². The molecule has 6 nitrogen and oxygen atoms in total. The second-order valence-corrected chi connectivity index (χ2v) is 6.59. The van der Waals surface area contributed by atoms with Crippen LogP contribution in [0.2, 0.25) is 0 Å². The summed E-state index contributed by atoms with van der Waals surface area (Å²) in [5.41, 5.74) is 6.12. The fourth-order valence-electron chi connectivity index (χ4n) is 2.65. The molecule has 0 atom stereocenters. The summed E-state index contributed by atoms with van der Waals surface area (Å²) in [6, 6.07) is 6.68. The third-order valence-corrected chi connectivity index (χ3v) is 4.81. The zero-order valence-corrected chi connectivity index (χ0v) is 14.3. The Labute approximate surface area is 145 Å². The number of halogens is 1. The van der Waals surface area contributed by atoms with Crippen molar-refractivity contribution in [1.29, 1.82) is 0 Å². The van der Waals surface area contributed by atoms with Crippen LogP contribution in [0.25, 0.3) is 5.69 Å². The van der Waals surface area contributed by atoms with Crippen LogP contribution in [0.15, 0.2) is 29.4 Å². The second kappa shape index (κ2) is 8.57. The molecule has 1 aromatic heterocycles. The van der Waals surface area contributed by atoms with Gasteiger partial charge in [-0.3, -0.25) is 9.47 Å². The molecule has 0 saturated carbocycles. The van der Waals surface area contributed by atoms with E-state index in [2.05, 4.69) is 15.1 Å². The molecule has 0 spiro atoms. The van der Waals surface area contributed by atoms with E-state index in [1.54, 1.807) is 28.5 Å². The maximum atomic E-state index is 14.2. The third kappa shape index (κ3) is 4.13. The highest BCUT2D eigenvalue weighted by atomic mass is 32.2. The Hall–Kier alpha value is -1.48. The smallest absolute Gasteiger partial charge is 0.195 e. The Kier molecular flexibility index (Phi) is 6.19. The summed E-state index contributed by atoms with van der Waals surface area (Å²) in [5.74, 6) is 1.27. The lowest BCUT2D eigenvalue weighted by Crippen LogP contribution is -2.37. The minimum absolute atomic E-state index is 0.286. The predicted octanol–water partition coefficient (Wildman–Crippen LogP) is 1.33. The second-order valence-electron chi connectivity index (χ2n) is 5.53. The fourth-order valence-corrected chi connectivity index (χ4v) is 3.61. The maximum Gasteiger partial charge on any atom is 0.195 e. The number of benzene rings is 1. The molecule has 24 heavy (non-hydrogen) atoms. The van der Waals surface area contributed by atoms with E-state index < -0.39 is 0 Å². The van der Waals surface area contributed by atoms with Crippen LogP contribution in [0.1, 0.15) is 5.82 Å². The summed E-state index contributed by atoms with van der Waals surface area (Å²) in [7, 11) is 0. The van der Waals surface area contributed by atoms with E-state index in [1.807, 2.05) is 6.07 Å². The van der Waals surface area contributed by atoms with Gasteiger partial charge in [-0.2, -0.15) is 0 Å². The molecule has 0 bridgehead atoms. The number of nitrogens with two attached hydrogens (primary N) is 1. The number of hydrogen-bond donors (Lipinski definition) is 1. The van der Waals surface area contributed by atoms with Gasteiger partial charge in [-0.15, -0.1) is 10.2 Å². The average molecular weight is 351 g/mol. The number of morpholine rings is 1. The molecule has 0 aliphatic carbocycles. The van der Waals surface area contributed by atoms with E-state index in [9.17, 15) is 4.39 Å². The van der Waals surface area contributed by atoms with Crippen LogP contribution in [0.5, 0.6) is 0 Å². The van der Waals surface area contributed by atoms with Gasteiger partial charge in [-0.05, 0) is 18.7 Å². The Morgan fingerprint density at radius 1 is 1.21 bits per heavy atom. The molecule has 1 aromatic carbocycles. The zero-order chi connectivity index (χ0) is 16.8. The van der Waals surface area contributed by atoms with Crippen LogP contribution in [-0.4, -0.2) is 64.8 Å². The van der Waals surface area contributed by atoms with Gasteiger partial charge in [0.15, 0.2) is 5.16 Å². The molecule has 130 valence electrons. The number of para-hydroxylation sites is 1. The largest absolute Gasteiger partial charge is 0.379 e. The number of hydrogen-bond acceptors (Lipinski definition) is 6.